The third-order valence-electron chi connectivity index (χ3n) is 7.29. The molecule has 6 rings (SSSR count). The molecule has 4 aromatic rings. The van der Waals surface area contributed by atoms with Gasteiger partial charge < -0.3 is 24.4 Å². The number of aromatic nitrogens is 3. The van der Waals surface area contributed by atoms with E-state index in [0.29, 0.717) is 43.6 Å². The van der Waals surface area contributed by atoms with Crippen LogP contribution in [0, 0.1) is 11.6 Å². The Bertz CT molecular complexity index is 1400. The number of hydrogen-bond donors (Lipinski definition) is 1. The van der Waals surface area contributed by atoms with Crippen molar-refractivity contribution >= 4 is 28.4 Å². The van der Waals surface area contributed by atoms with Crippen LogP contribution >= 0.6 is 0 Å². The van der Waals surface area contributed by atoms with Gasteiger partial charge in [0.15, 0.2) is 0 Å². The van der Waals surface area contributed by atoms with Gasteiger partial charge in [0.05, 0.1) is 18.9 Å². The van der Waals surface area contributed by atoms with E-state index in [9.17, 15) is 0 Å². The standard InChI is InChI=1S/C28H31F2N7O/c1-34-7-9-36(10-8-34)22-4-2-3-21(15-22)32-28-31-18-20-5-6-37(27(20)33-28)23-16-25(29)24(26(30)17-23)19-35-11-13-38-14-12-35/h2-6,15-18H,7-14,19H2,1H3,(H,31,32,33). The molecule has 2 saturated heterocycles. The van der Waals surface area contributed by atoms with Crippen LogP contribution in [0.2, 0.25) is 0 Å². The maximum absolute atomic E-state index is 15.1. The average molecular weight is 520 g/mol. The molecule has 0 atom stereocenters. The Balaban J connectivity index is 1.24. The molecular weight excluding hydrogens is 488 g/mol. The lowest BCUT2D eigenvalue weighted by atomic mass is 10.1. The zero-order chi connectivity index (χ0) is 26.1. The van der Waals surface area contributed by atoms with Crippen molar-refractivity contribution in [2.24, 2.45) is 0 Å². The van der Waals surface area contributed by atoms with E-state index in [2.05, 4.69) is 44.3 Å². The second-order valence-corrected chi connectivity index (χ2v) is 9.90. The van der Waals surface area contributed by atoms with E-state index >= 15 is 8.78 Å². The van der Waals surface area contributed by atoms with Gasteiger partial charge in [0, 0.05) is 80.5 Å². The number of anilines is 3. The van der Waals surface area contributed by atoms with Crippen molar-refractivity contribution in [2.45, 2.75) is 6.54 Å². The van der Waals surface area contributed by atoms with Crippen molar-refractivity contribution < 1.29 is 13.5 Å². The lowest BCUT2D eigenvalue weighted by Gasteiger charge is -2.34. The smallest absolute Gasteiger partial charge is 0.229 e. The number of piperazine rings is 1. The second kappa shape index (κ2) is 10.6. The number of rotatable bonds is 6. The third kappa shape index (κ3) is 5.20. The van der Waals surface area contributed by atoms with E-state index in [1.807, 2.05) is 23.1 Å². The molecule has 0 bridgehead atoms. The molecule has 10 heteroatoms. The molecule has 0 unspecified atom stereocenters. The normalized spacial score (nSPS) is 17.3. The molecule has 2 aliphatic heterocycles. The Morgan fingerprint density at radius 2 is 1.68 bits per heavy atom. The van der Waals surface area contributed by atoms with Gasteiger partial charge in [0.25, 0.3) is 0 Å². The van der Waals surface area contributed by atoms with Gasteiger partial charge >= 0.3 is 0 Å². The minimum absolute atomic E-state index is 0.0734. The van der Waals surface area contributed by atoms with Crippen LogP contribution in [-0.4, -0.2) is 83.9 Å². The number of benzene rings is 2. The molecular formula is C28H31F2N7O. The second-order valence-electron chi connectivity index (χ2n) is 9.90. The van der Waals surface area contributed by atoms with Crippen LogP contribution in [0.4, 0.5) is 26.1 Å². The van der Waals surface area contributed by atoms with E-state index in [4.69, 9.17) is 4.74 Å². The number of morpholine rings is 1. The summed E-state index contributed by atoms with van der Waals surface area (Å²) in [6.45, 7) is 6.72. The lowest BCUT2D eigenvalue weighted by Crippen LogP contribution is -2.44. The van der Waals surface area contributed by atoms with Crippen LogP contribution < -0.4 is 10.2 Å². The molecule has 2 aromatic carbocycles. The first-order valence-corrected chi connectivity index (χ1v) is 13.0. The Hall–Kier alpha value is -3.60. The van der Waals surface area contributed by atoms with E-state index in [1.54, 1.807) is 17.0 Å². The van der Waals surface area contributed by atoms with Gasteiger partial charge in [0.1, 0.15) is 17.3 Å². The number of likely N-dealkylation sites (N-methyl/N-ethyl adjacent to an activating group) is 1. The molecule has 198 valence electrons. The van der Waals surface area contributed by atoms with Crippen molar-refractivity contribution in [3.05, 3.63) is 72.1 Å². The first-order valence-electron chi connectivity index (χ1n) is 13.0. The Labute approximate surface area is 220 Å². The Kier molecular flexibility index (Phi) is 6.92. The van der Waals surface area contributed by atoms with Crippen LogP contribution in [0.1, 0.15) is 5.56 Å². The van der Waals surface area contributed by atoms with Crippen LogP contribution in [0.15, 0.2) is 54.9 Å². The monoisotopic (exact) mass is 519 g/mol. The van der Waals surface area contributed by atoms with Gasteiger partial charge in [-0.25, -0.2) is 13.8 Å². The number of nitrogens with one attached hydrogen (secondary N) is 1. The van der Waals surface area contributed by atoms with E-state index in [-0.39, 0.29) is 12.1 Å². The maximum atomic E-state index is 15.1. The van der Waals surface area contributed by atoms with Gasteiger partial charge in [-0.2, -0.15) is 4.98 Å². The summed E-state index contributed by atoms with van der Waals surface area (Å²) in [5.74, 6) is -0.721. The summed E-state index contributed by atoms with van der Waals surface area (Å²) < 4.78 is 37.2. The molecule has 0 radical (unpaired) electrons. The van der Waals surface area contributed by atoms with Gasteiger partial charge in [-0.1, -0.05) is 6.07 Å². The van der Waals surface area contributed by atoms with Crippen LogP contribution in [0.25, 0.3) is 16.7 Å². The molecule has 2 fully saturated rings. The molecule has 0 spiro atoms. The van der Waals surface area contributed by atoms with Gasteiger partial charge in [-0.3, -0.25) is 4.90 Å². The number of hydrogen-bond acceptors (Lipinski definition) is 7. The Morgan fingerprint density at radius 3 is 2.45 bits per heavy atom. The fourth-order valence-electron chi connectivity index (χ4n) is 5.02. The minimum Gasteiger partial charge on any atom is -0.379 e. The number of ether oxygens (including phenoxy) is 1. The average Bonchev–Trinajstić information content (AvgIpc) is 3.35. The molecule has 2 aliphatic rings. The van der Waals surface area contributed by atoms with Gasteiger partial charge in [-0.05, 0) is 43.4 Å². The highest BCUT2D eigenvalue weighted by Gasteiger charge is 2.19. The highest BCUT2D eigenvalue weighted by molar-refractivity contribution is 5.79. The fourth-order valence-corrected chi connectivity index (χ4v) is 5.02. The molecule has 0 saturated carbocycles. The molecule has 0 amide bonds. The lowest BCUT2D eigenvalue weighted by molar-refractivity contribution is 0.0332. The summed E-state index contributed by atoms with van der Waals surface area (Å²) >= 11 is 0. The largest absolute Gasteiger partial charge is 0.379 e. The van der Waals surface area contributed by atoms with E-state index < -0.39 is 11.6 Å². The van der Waals surface area contributed by atoms with Crippen molar-refractivity contribution in [3.8, 4) is 5.69 Å². The molecule has 4 heterocycles. The third-order valence-corrected chi connectivity index (χ3v) is 7.29. The SMILES string of the molecule is CN1CCN(c2cccc(Nc3ncc4ccn(-c5cc(F)c(CN6CCOCC6)c(F)c5)c4n3)c2)CC1. The predicted molar refractivity (Wildman–Crippen MR) is 144 cm³/mol. The van der Waals surface area contributed by atoms with Crippen molar-refractivity contribution in [1.29, 1.82) is 0 Å². The molecule has 2 aromatic heterocycles. The first-order chi connectivity index (χ1) is 18.5. The van der Waals surface area contributed by atoms with Crippen molar-refractivity contribution in [2.75, 3.05) is 69.7 Å². The zero-order valence-electron chi connectivity index (χ0n) is 21.4. The summed E-state index contributed by atoms with van der Waals surface area (Å²) in [5, 5.41) is 4.07. The minimum atomic E-state index is -0.568. The zero-order valence-corrected chi connectivity index (χ0v) is 21.4. The molecule has 0 aliphatic carbocycles. The van der Waals surface area contributed by atoms with Crippen molar-refractivity contribution in [1.82, 2.24) is 24.3 Å². The van der Waals surface area contributed by atoms with Gasteiger partial charge in [0.2, 0.25) is 5.95 Å². The highest BCUT2D eigenvalue weighted by Crippen LogP contribution is 2.26. The highest BCUT2D eigenvalue weighted by atomic mass is 19.1. The first kappa shape index (κ1) is 24.7. The molecule has 38 heavy (non-hydrogen) atoms. The number of halogens is 2. The Morgan fingerprint density at radius 1 is 0.921 bits per heavy atom. The van der Waals surface area contributed by atoms with Crippen LogP contribution in [-0.2, 0) is 11.3 Å². The van der Waals surface area contributed by atoms with Gasteiger partial charge in [-0.15, -0.1) is 0 Å². The fraction of sp³-hybridized carbons (Fsp3) is 0.357. The van der Waals surface area contributed by atoms with E-state index in [0.717, 1.165) is 42.9 Å². The summed E-state index contributed by atoms with van der Waals surface area (Å²) in [5.41, 5.74) is 3.04. The molecule has 8 nitrogen and oxygen atoms in total. The van der Waals surface area contributed by atoms with Crippen LogP contribution in [0.5, 0.6) is 0 Å². The number of nitrogens with zero attached hydrogens (tertiary/aromatic N) is 6. The van der Waals surface area contributed by atoms with Crippen LogP contribution in [0.3, 0.4) is 0 Å². The predicted octanol–water partition coefficient (Wildman–Crippen LogP) is 4.03. The summed E-state index contributed by atoms with van der Waals surface area (Å²) in [6, 6.07) is 12.8. The number of fused-ring (bicyclic) bond motifs is 1. The summed E-state index contributed by atoms with van der Waals surface area (Å²) in [4.78, 5) is 15.8. The summed E-state index contributed by atoms with van der Waals surface area (Å²) in [7, 11) is 2.14. The molecule has 1 N–H and O–H groups in total. The van der Waals surface area contributed by atoms with Crippen molar-refractivity contribution in [3.63, 3.8) is 0 Å². The van der Waals surface area contributed by atoms with E-state index in [1.165, 1.54) is 12.1 Å². The quantitative estimate of drug-likeness (QED) is 0.413. The maximum Gasteiger partial charge on any atom is 0.229 e. The topological polar surface area (TPSA) is 61.7 Å². The summed E-state index contributed by atoms with van der Waals surface area (Å²) in [6.07, 6.45) is 3.47.